The highest BCUT2D eigenvalue weighted by Crippen LogP contribution is 2.39. The lowest BCUT2D eigenvalue weighted by molar-refractivity contribution is -0.140. The van der Waals surface area contributed by atoms with Crippen LogP contribution in [-0.4, -0.2) is 30.2 Å². The van der Waals surface area contributed by atoms with Crippen molar-refractivity contribution < 1.29 is 19.0 Å². The smallest absolute Gasteiger partial charge is 0.264 e. The summed E-state index contributed by atoms with van der Waals surface area (Å²) in [7, 11) is 0. The maximum atomic E-state index is 13.4. The zero-order chi connectivity index (χ0) is 19.8. The van der Waals surface area contributed by atoms with E-state index in [-0.39, 0.29) is 18.7 Å². The number of hydrogen-bond acceptors (Lipinski definition) is 5. The molecule has 0 spiro atoms. The first-order valence-electron chi connectivity index (χ1n) is 9.69. The highest BCUT2D eigenvalue weighted by Gasteiger charge is 2.35. The molecule has 0 saturated heterocycles. The quantitative estimate of drug-likeness (QED) is 0.642. The molecule has 1 amide bonds. The van der Waals surface area contributed by atoms with E-state index in [4.69, 9.17) is 14.2 Å². The molecule has 6 heteroatoms. The van der Waals surface area contributed by atoms with E-state index >= 15 is 0 Å². The number of fused-ring (bicyclic) bond motifs is 2. The van der Waals surface area contributed by atoms with Crippen molar-refractivity contribution in [1.29, 1.82) is 0 Å². The van der Waals surface area contributed by atoms with E-state index < -0.39 is 6.10 Å². The number of benzene rings is 2. The van der Waals surface area contributed by atoms with Crippen molar-refractivity contribution in [3.8, 4) is 17.2 Å². The summed E-state index contributed by atoms with van der Waals surface area (Å²) in [6, 6.07) is 17.6. The molecular weight excluding hydrogens is 386 g/mol. The van der Waals surface area contributed by atoms with Gasteiger partial charge in [-0.1, -0.05) is 30.3 Å². The molecule has 0 fully saturated rings. The zero-order valence-corrected chi connectivity index (χ0v) is 16.9. The van der Waals surface area contributed by atoms with Crippen LogP contribution >= 0.6 is 11.3 Å². The number of ether oxygens (including phenoxy) is 3. The van der Waals surface area contributed by atoms with Gasteiger partial charge in [-0.2, -0.15) is 0 Å². The fraction of sp³-hybridized carbons (Fsp3) is 0.261. The molecule has 1 aromatic heterocycles. The van der Waals surface area contributed by atoms with Crippen molar-refractivity contribution >= 4 is 17.2 Å². The summed E-state index contributed by atoms with van der Waals surface area (Å²) < 4.78 is 16.7. The van der Waals surface area contributed by atoms with Crippen molar-refractivity contribution in [1.82, 2.24) is 4.90 Å². The van der Waals surface area contributed by atoms with E-state index in [1.54, 1.807) is 36.5 Å². The Morgan fingerprint density at radius 2 is 1.97 bits per heavy atom. The number of amides is 1. The minimum atomic E-state index is -0.609. The van der Waals surface area contributed by atoms with Gasteiger partial charge in [-0.3, -0.25) is 4.79 Å². The molecule has 5 nitrogen and oxygen atoms in total. The molecule has 148 valence electrons. The summed E-state index contributed by atoms with van der Waals surface area (Å²) >= 11 is 1.76. The number of thiophene rings is 1. The van der Waals surface area contributed by atoms with E-state index in [0.717, 1.165) is 12.0 Å². The SMILES string of the molecule is CC(Oc1ccc2c(c1)OCO2)C(=O)N1CCc2sccc2C1c1ccccc1. The van der Waals surface area contributed by atoms with Gasteiger partial charge in [0.15, 0.2) is 17.6 Å². The molecule has 2 aliphatic heterocycles. The molecule has 29 heavy (non-hydrogen) atoms. The molecule has 0 aliphatic carbocycles. The average Bonchev–Trinajstić information content (AvgIpc) is 3.41. The van der Waals surface area contributed by atoms with Crippen molar-refractivity contribution in [2.75, 3.05) is 13.3 Å². The first-order chi connectivity index (χ1) is 14.2. The Balaban J connectivity index is 1.40. The van der Waals surface area contributed by atoms with Crippen LogP contribution < -0.4 is 14.2 Å². The van der Waals surface area contributed by atoms with Crippen LogP contribution in [0, 0.1) is 0 Å². The number of nitrogens with zero attached hydrogens (tertiary/aromatic N) is 1. The minimum Gasteiger partial charge on any atom is -0.481 e. The van der Waals surface area contributed by atoms with Crippen LogP contribution in [0.2, 0.25) is 0 Å². The van der Waals surface area contributed by atoms with E-state index in [0.29, 0.717) is 23.8 Å². The van der Waals surface area contributed by atoms with Gasteiger partial charge in [0.05, 0.1) is 6.04 Å². The third kappa shape index (κ3) is 3.34. The first kappa shape index (κ1) is 18.1. The van der Waals surface area contributed by atoms with Gasteiger partial charge >= 0.3 is 0 Å². The number of hydrogen-bond donors (Lipinski definition) is 0. The standard InChI is InChI=1S/C23H21NO4S/c1-15(28-17-7-8-19-20(13-17)27-14-26-19)23(25)24-11-9-21-18(10-12-29-21)22(24)16-5-3-2-4-6-16/h2-8,10,12-13,15,22H,9,11,14H2,1H3. The third-order valence-corrected chi connectivity index (χ3v) is 6.37. The van der Waals surface area contributed by atoms with Gasteiger partial charge in [-0.05, 0) is 48.1 Å². The summed E-state index contributed by atoms with van der Waals surface area (Å²) in [5.41, 5.74) is 2.34. The van der Waals surface area contributed by atoms with Crippen LogP contribution in [0.3, 0.4) is 0 Å². The molecule has 2 aromatic carbocycles. The molecule has 3 heterocycles. The topological polar surface area (TPSA) is 48.0 Å². The average molecular weight is 407 g/mol. The Labute approximate surface area is 173 Å². The zero-order valence-electron chi connectivity index (χ0n) is 16.0. The normalized spacial score (nSPS) is 18.2. The summed E-state index contributed by atoms with van der Waals surface area (Å²) in [6.45, 7) is 2.70. The molecule has 5 rings (SSSR count). The van der Waals surface area contributed by atoms with Gasteiger partial charge in [0.2, 0.25) is 6.79 Å². The molecule has 2 atom stereocenters. The lowest BCUT2D eigenvalue weighted by Gasteiger charge is -2.37. The summed E-state index contributed by atoms with van der Waals surface area (Å²) in [4.78, 5) is 16.7. The lowest BCUT2D eigenvalue weighted by Crippen LogP contribution is -2.46. The van der Waals surface area contributed by atoms with Gasteiger partial charge < -0.3 is 19.1 Å². The van der Waals surface area contributed by atoms with E-state index in [9.17, 15) is 4.79 Å². The van der Waals surface area contributed by atoms with Gasteiger partial charge in [0.25, 0.3) is 5.91 Å². The monoisotopic (exact) mass is 407 g/mol. The fourth-order valence-corrected chi connectivity index (χ4v) is 4.89. The largest absolute Gasteiger partial charge is 0.481 e. The van der Waals surface area contributed by atoms with E-state index in [1.807, 2.05) is 23.1 Å². The second kappa shape index (κ2) is 7.44. The molecule has 0 saturated carbocycles. The number of carbonyl (C=O) groups is 1. The van der Waals surface area contributed by atoms with Gasteiger partial charge in [-0.25, -0.2) is 0 Å². The van der Waals surface area contributed by atoms with Gasteiger partial charge in [-0.15, -0.1) is 11.3 Å². The van der Waals surface area contributed by atoms with Crippen LogP contribution in [0.4, 0.5) is 0 Å². The minimum absolute atomic E-state index is 0.0200. The first-order valence-corrected chi connectivity index (χ1v) is 10.6. The summed E-state index contributed by atoms with van der Waals surface area (Å²) in [5, 5.41) is 2.11. The molecule has 2 aliphatic rings. The second-order valence-corrected chi connectivity index (χ2v) is 8.17. The van der Waals surface area contributed by atoms with Crippen LogP contribution in [0.25, 0.3) is 0 Å². The van der Waals surface area contributed by atoms with Crippen molar-refractivity contribution in [3.63, 3.8) is 0 Å². The van der Waals surface area contributed by atoms with Crippen molar-refractivity contribution in [2.24, 2.45) is 0 Å². The van der Waals surface area contributed by atoms with Gasteiger partial charge in [0, 0.05) is 17.5 Å². The second-order valence-electron chi connectivity index (χ2n) is 7.17. The summed E-state index contributed by atoms with van der Waals surface area (Å²) in [5.74, 6) is 1.92. The Morgan fingerprint density at radius 3 is 2.83 bits per heavy atom. The Kier molecular flexibility index (Phi) is 4.64. The molecule has 0 radical (unpaired) electrons. The highest BCUT2D eigenvalue weighted by molar-refractivity contribution is 7.10. The number of carbonyl (C=O) groups excluding carboxylic acids is 1. The van der Waals surface area contributed by atoms with Crippen LogP contribution in [0.5, 0.6) is 17.2 Å². The highest BCUT2D eigenvalue weighted by atomic mass is 32.1. The summed E-state index contributed by atoms with van der Waals surface area (Å²) in [6.07, 6.45) is 0.264. The van der Waals surface area contributed by atoms with E-state index in [2.05, 4.69) is 23.6 Å². The molecular formula is C23H21NO4S. The van der Waals surface area contributed by atoms with Crippen LogP contribution in [0.15, 0.2) is 60.0 Å². The third-order valence-electron chi connectivity index (χ3n) is 5.37. The Morgan fingerprint density at radius 1 is 1.14 bits per heavy atom. The van der Waals surface area contributed by atoms with Crippen molar-refractivity contribution in [2.45, 2.75) is 25.5 Å². The van der Waals surface area contributed by atoms with Crippen LogP contribution in [-0.2, 0) is 11.2 Å². The predicted octanol–water partition coefficient (Wildman–Crippen LogP) is 4.42. The maximum Gasteiger partial charge on any atom is 0.264 e. The van der Waals surface area contributed by atoms with Crippen LogP contribution in [0.1, 0.15) is 29.0 Å². The lowest BCUT2D eigenvalue weighted by atomic mass is 9.93. The Hall–Kier alpha value is -2.99. The fourth-order valence-electron chi connectivity index (χ4n) is 3.99. The molecule has 0 N–H and O–H groups in total. The van der Waals surface area contributed by atoms with Crippen molar-refractivity contribution in [3.05, 3.63) is 76.0 Å². The predicted molar refractivity (Wildman–Crippen MR) is 111 cm³/mol. The Bertz CT molecular complexity index is 1030. The molecule has 2 unspecified atom stereocenters. The molecule has 0 bridgehead atoms. The van der Waals surface area contributed by atoms with E-state index in [1.165, 1.54) is 10.4 Å². The van der Waals surface area contributed by atoms with Gasteiger partial charge in [0.1, 0.15) is 5.75 Å². The maximum absolute atomic E-state index is 13.4. The number of rotatable bonds is 4. The molecule has 3 aromatic rings.